The molecule has 0 bridgehead atoms. The average Bonchev–Trinajstić information content (AvgIpc) is 2.93. The van der Waals surface area contributed by atoms with Crippen molar-refractivity contribution in [1.29, 1.82) is 0 Å². The summed E-state index contributed by atoms with van der Waals surface area (Å²) >= 11 is 1.93. The van der Waals surface area contributed by atoms with E-state index in [2.05, 4.69) is 59.6 Å². The van der Waals surface area contributed by atoms with Gasteiger partial charge in [-0.3, -0.25) is 4.79 Å². The fraction of sp³-hybridized carbons (Fsp3) is 0.269. The van der Waals surface area contributed by atoms with Crippen molar-refractivity contribution in [2.75, 3.05) is 23.9 Å². The fourth-order valence-corrected chi connectivity index (χ4v) is 5.44. The zero-order chi connectivity index (χ0) is 21.8. The van der Waals surface area contributed by atoms with E-state index in [9.17, 15) is 4.79 Å². The van der Waals surface area contributed by atoms with Crippen molar-refractivity contribution in [3.8, 4) is 5.75 Å². The van der Waals surface area contributed by atoms with Crippen LogP contribution in [-0.4, -0.2) is 19.6 Å². The molecule has 0 saturated carbocycles. The molecule has 1 aliphatic rings. The molecule has 4 rings (SSSR count). The first-order valence-electron chi connectivity index (χ1n) is 10.5. The Hall–Kier alpha value is -2.92. The largest absolute Gasteiger partial charge is 0.496 e. The summed E-state index contributed by atoms with van der Waals surface area (Å²) in [4.78, 5) is 15.1. The number of benzene rings is 3. The van der Waals surface area contributed by atoms with Crippen LogP contribution in [0, 0.1) is 6.92 Å². The molecule has 1 unspecified atom stereocenters. The number of anilines is 2. The molecule has 3 aromatic carbocycles. The van der Waals surface area contributed by atoms with Gasteiger partial charge in [-0.2, -0.15) is 0 Å². The number of nitrogens with zero attached hydrogens (tertiary/aromatic N) is 1. The third-order valence-corrected chi connectivity index (χ3v) is 6.88. The molecule has 0 saturated heterocycles. The Morgan fingerprint density at radius 3 is 2.65 bits per heavy atom. The van der Waals surface area contributed by atoms with E-state index in [0.29, 0.717) is 5.25 Å². The van der Waals surface area contributed by atoms with E-state index >= 15 is 0 Å². The predicted molar refractivity (Wildman–Crippen MR) is 129 cm³/mol. The van der Waals surface area contributed by atoms with Gasteiger partial charge in [0, 0.05) is 41.4 Å². The number of aryl methyl sites for hydroxylation is 1. The molecule has 0 spiro atoms. The maximum absolute atomic E-state index is 11.3. The van der Waals surface area contributed by atoms with Crippen molar-refractivity contribution in [3.63, 3.8) is 0 Å². The van der Waals surface area contributed by atoms with Crippen molar-refractivity contribution >= 4 is 29.0 Å². The monoisotopic (exact) mass is 432 g/mol. The number of fused-ring (bicyclic) bond motifs is 1. The lowest BCUT2D eigenvalue weighted by atomic mass is 10.1. The molecule has 1 heterocycles. The minimum Gasteiger partial charge on any atom is -0.496 e. The minimum absolute atomic E-state index is 0.0519. The molecule has 31 heavy (non-hydrogen) atoms. The van der Waals surface area contributed by atoms with Crippen LogP contribution in [0.1, 0.15) is 35.3 Å². The molecule has 1 N–H and O–H groups in total. The quantitative estimate of drug-likeness (QED) is 0.521. The highest BCUT2D eigenvalue weighted by molar-refractivity contribution is 7.99. The zero-order valence-corrected chi connectivity index (χ0v) is 19.0. The lowest BCUT2D eigenvalue weighted by Gasteiger charge is -2.25. The number of ether oxygens (including phenoxy) is 1. The molecule has 0 fully saturated rings. The van der Waals surface area contributed by atoms with E-state index in [0.717, 1.165) is 30.9 Å². The summed E-state index contributed by atoms with van der Waals surface area (Å²) in [5.74, 6) is 0.903. The van der Waals surface area contributed by atoms with Gasteiger partial charge in [-0.25, -0.2) is 0 Å². The van der Waals surface area contributed by atoms with Gasteiger partial charge in [-0.15, -0.1) is 11.8 Å². The lowest BCUT2D eigenvalue weighted by Crippen LogP contribution is -2.24. The van der Waals surface area contributed by atoms with Crippen molar-refractivity contribution in [3.05, 3.63) is 83.4 Å². The summed E-state index contributed by atoms with van der Waals surface area (Å²) in [5, 5.41) is 3.17. The molecule has 1 atom stereocenters. The molecule has 1 amide bonds. The second-order valence-electron chi connectivity index (χ2n) is 7.91. The smallest absolute Gasteiger partial charge is 0.221 e. The molecule has 0 aliphatic carbocycles. The van der Waals surface area contributed by atoms with Crippen LogP contribution in [0.5, 0.6) is 5.75 Å². The fourth-order valence-electron chi connectivity index (χ4n) is 4.02. The average molecular weight is 433 g/mol. The van der Waals surface area contributed by atoms with Gasteiger partial charge in [0.25, 0.3) is 0 Å². The van der Waals surface area contributed by atoms with Crippen molar-refractivity contribution in [2.24, 2.45) is 0 Å². The number of methoxy groups -OCH3 is 1. The highest BCUT2D eigenvalue weighted by Gasteiger charge is 2.25. The second kappa shape index (κ2) is 9.48. The van der Waals surface area contributed by atoms with Crippen molar-refractivity contribution < 1.29 is 9.53 Å². The standard InChI is InChI=1S/C26H28N2O2S/c1-18-8-13-23-26(16-18)31-25(22-6-4-5-7-24(22)30-3)14-15-28(23)17-20-9-11-21(12-10-20)27-19(2)29/h4-13,16,25H,14-15,17H2,1-3H3,(H,27,29). The van der Waals surface area contributed by atoms with E-state index in [-0.39, 0.29) is 5.91 Å². The normalized spacial score (nSPS) is 15.7. The van der Waals surface area contributed by atoms with Crippen LogP contribution in [0.15, 0.2) is 71.6 Å². The van der Waals surface area contributed by atoms with Crippen molar-refractivity contribution in [2.45, 2.75) is 37.0 Å². The topological polar surface area (TPSA) is 41.6 Å². The van der Waals surface area contributed by atoms with Crippen molar-refractivity contribution in [1.82, 2.24) is 0 Å². The first-order chi connectivity index (χ1) is 15.0. The number of amides is 1. The number of hydrogen-bond donors (Lipinski definition) is 1. The van der Waals surface area contributed by atoms with Crippen LogP contribution in [-0.2, 0) is 11.3 Å². The number of hydrogen-bond acceptors (Lipinski definition) is 4. The highest BCUT2D eigenvalue weighted by Crippen LogP contribution is 2.47. The first-order valence-corrected chi connectivity index (χ1v) is 11.4. The van der Waals surface area contributed by atoms with Gasteiger partial charge in [0.1, 0.15) is 5.75 Å². The van der Waals surface area contributed by atoms with Gasteiger partial charge in [-0.1, -0.05) is 36.4 Å². The first kappa shape index (κ1) is 21.3. The number of thioether (sulfide) groups is 1. The number of carbonyl (C=O) groups excluding carboxylic acids is 1. The molecule has 0 aromatic heterocycles. The van der Waals surface area contributed by atoms with Crippen LogP contribution in [0.2, 0.25) is 0 Å². The maximum Gasteiger partial charge on any atom is 0.221 e. The molecule has 4 nitrogen and oxygen atoms in total. The Morgan fingerprint density at radius 1 is 1.13 bits per heavy atom. The van der Waals surface area contributed by atoms with Gasteiger partial charge in [-0.05, 0) is 54.8 Å². The van der Waals surface area contributed by atoms with E-state index in [4.69, 9.17) is 4.74 Å². The van der Waals surface area contributed by atoms with Crippen LogP contribution in [0.3, 0.4) is 0 Å². The maximum atomic E-state index is 11.3. The van der Waals surface area contributed by atoms with E-state index in [1.54, 1.807) is 7.11 Å². The van der Waals surface area contributed by atoms with Gasteiger partial charge in [0.2, 0.25) is 5.91 Å². The number of nitrogens with one attached hydrogen (secondary N) is 1. The zero-order valence-electron chi connectivity index (χ0n) is 18.2. The summed E-state index contributed by atoms with van der Waals surface area (Å²) < 4.78 is 5.66. The predicted octanol–water partition coefficient (Wildman–Crippen LogP) is 6.21. The Kier molecular flexibility index (Phi) is 6.52. The van der Waals surface area contributed by atoms with Crippen LogP contribution in [0.4, 0.5) is 11.4 Å². The second-order valence-corrected chi connectivity index (χ2v) is 9.15. The molecule has 160 valence electrons. The number of para-hydroxylation sites is 1. The Labute approximate surface area is 188 Å². The highest BCUT2D eigenvalue weighted by atomic mass is 32.2. The van der Waals surface area contributed by atoms with Crippen LogP contribution < -0.4 is 15.0 Å². The van der Waals surface area contributed by atoms with Gasteiger partial charge < -0.3 is 15.0 Å². The Balaban J connectivity index is 1.61. The van der Waals surface area contributed by atoms with Crippen LogP contribution in [0.25, 0.3) is 0 Å². The third-order valence-electron chi connectivity index (χ3n) is 5.52. The summed E-state index contributed by atoms with van der Waals surface area (Å²) in [5.41, 5.74) is 5.85. The van der Waals surface area contributed by atoms with E-state index in [1.165, 1.54) is 34.2 Å². The lowest BCUT2D eigenvalue weighted by molar-refractivity contribution is -0.114. The summed E-state index contributed by atoms with van der Waals surface area (Å²) in [6.45, 7) is 5.46. The molecule has 3 aromatic rings. The Bertz CT molecular complexity index is 1070. The van der Waals surface area contributed by atoms with E-state index < -0.39 is 0 Å². The van der Waals surface area contributed by atoms with Gasteiger partial charge in [0.05, 0.1) is 12.8 Å². The van der Waals surface area contributed by atoms with Gasteiger partial charge in [0.15, 0.2) is 0 Å². The molecule has 5 heteroatoms. The third kappa shape index (κ3) is 5.05. The molecular formula is C26H28N2O2S. The minimum atomic E-state index is -0.0519. The summed E-state index contributed by atoms with van der Waals surface area (Å²) in [7, 11) is 1.75. The molecule has 0 radical (unpaired) electrons. The van der Waals surface area contributed by atoms with Crippen LogP contribution >= 0.6 is 11.8 Å². The number of rotatable bonds is 5. The van der Waals surface area contributed by atoms with E-state index in [1.807, 2.05) is 36.0 Å². The Morgan fingerprint density at radius 2 is 1.90 bits per heavy atom. The summed E-state index contributed by atoms with van der Waals surface area (Å²) in [6, 6.07) is 23.2. The SMILES string of the molecule is COc1ccccc1C1CCN(Cc2ccc(NC(C)=O)cc2)c2ccc(C)cc2S1. The summed E-state index contributed by atoms with van der Waals surface area (Å²) in [6.07, 6.45) is 1.03. The van der Waals surface area contributed by atoms with Gasteiger partial charge >= 0.3 is 0 Å². The molecule has 1 aliphatic heterocycles. The molecular weight excluding hydrogens is 404 g/mol. The number of carbonyl (C=O) groups is 1.